The first kappa shape index (κ1) is 25.1. The zero-order chi connectivity index (χ0) is 25.9. The third kappa shape index (κ3) is 7.25. The van der Waals surface area contributed by atoms with E-state index in [1.807, 2.05) is 91.0 Å². The summed E-state index contributed by atoms with van der Waals surface area (Å²) in [7, 11) is 0. The Kier molecular flexibility index (Phi) is 8.59. The molecule has 0 radical (unpaired) electrons. The summed E-state index contributed by atoms with van der Waals surface area (Å²) in [5.74, 6) is 0.773. The molecule has 0 bridgehead atoms. The summed E-state index contributed by atoms with van der Waals surface area (Å²) in [6.07, 6.45) is 1.32. The molecule has 0 saturated carbocycles. The van der Waals surface area contributed by atoms with Gasteiger partial charge in [0.15, 0.2) is 11.5 Å². The van der Waals surface area contributed by atoms with Crippen molar-refractivity contribution in [2.24, 2.45) is 16.6 Å². The van der Waals surface area contributed by atoms with Crippen molar-refractivity contribution in [2.45, 2.75) is 19.8 Å². The summed E-state index contributed by atoms with van der Waals surface area (Å²) in [5, 5.41) is 15.6. The third-order valence-electron chi connectivity index (χ3n) is 5.32. The van der Waals surface area contributed by atoms with Gasteiger partial charge in [0, 0.05) is 5.56 Å². The van der Waals surface area contributed by atoms with E-state index in [1.54, 1.807) is 12.1 Å². The maximum Gasteiger partial charge on any atom is 0.366 e. The van der Waals surface area contributed by atoms with Crippen LogP contribution in [-0.2, 0) is 19.8 Å². The second-order valence-electron chi connectivity index (χ2n) is 8.08. The van der Waals surface area contributed by atoms with Gasteiger partial charge < -0.3 is 19.4 Å². The number of hydrogen-bond donors (Lipinski definition) is 2. The lowest BCUT2D eigenvalue weighted by molar-refractivity contribution is -0.463. The van der Waals surface area contributed by atoms with Crippen LogP contribution in [0.15, 0.2) is 108 Å². The fourth-order valence-corrected chi connectivity index (χ4v) is 3.44. The van der Waals surface area contributed by atoms with Gasteiger partial charge in [-0.15, -0.1) is 9.95 Å². The van der Waals surface area contributed by atoms with Crippen LogP contribution in [0.4, 0.5) is 0 Å². The fraction of sp³-hybridized carbons (Fsp3) is 0.103. The van der Waals surface area contributed by atoms with Gasteiger partial charge in [-0.3, -0.25) is 11.5 Å². The predicted octanol–water partition coefficient (Wildman–Crippen LogP) is 4.54. The molecule has 4 rings (SSSR count). The average Bonchev–Trinajstić information content (AvgIpc) is 2.94. The summed E-state index contributed by atoms with van der Waals surface area (Å²) in [6.45, 7) is 0.876. The standard InChI is InChI=1S/C29H28N4O4/c30-29(31)33(34)32-18-25-16-17-26(35-19-22-10-4-1-5-11-22)28(37-21-24-14-8-3-9-15-24)27(25)36-20-23-12-6-2-7-13-23/h1-18H,19-21,30-31H2/b32-18+. The summed E-state index contributed by atoms with van der Waals surface area (Å²) >= 11 is 0. The molecule has 0 atom stereocenters. The number of guanidine groups is 1. The SMILES string of the molecule is NC(N)=[N+]([O-])/N=C/c1ccc(OCc2ccccc2)c(OCc2ccccc2)c1OCc1ccccc1. The van der Waals surface area contributed by atoms with Crippen LogP contribution >= 0.6 is 0 Å². The number of nitrogens with zero attached hydrogens (tertiary/aromatic N) is 2. The van der Waals surface area contributed by atoms with Gasteiger partial charge in [0.1, 0.15) is 19.8 Å². The van der Waals surface area contributed by atoms with Crippen LogP contribution in [0.3, 0.4) is 0 Å². The molecule has 0 fully saturated rings. The Bertz CT molecular complexity index is 1340. The quantitative estimate of drug-likeness (QED) is 0.103. The number of nitrogens with two attached hydrogens (primary N) is 2. The van der Waals surface area contributed by atoms with E-state index < -0.39 is 5.96 Å². The first-order valence-electron chi connectivity index (χ1n) is 11.7. The van der Waals surface area contributed by atoms with E-state index in [0.717, 1.165) is 16.7 Å². The molecule has 4 aromatic rings. The molecule has 0 saturated heterocycles. The number of ether oxygens (including phenoxy) is 3. The fourth-order valence-electron chi connectivity index (χ4n) is 3.44. The molecule has 188 valence electrons. The summed E-state index contributed by atoms with van der Waals surface area (Å²) in [6, 6.07) is 32.8. The van der Waals surface area contributed by atoms with Crippen molar-refractivity contribution < 1.29 is 19.1 Å². The number of benzene rings is 4. The summed E-state index contributed by atoms with van der Waals surface area (Å²) in [4.78, 5) is 0.130. The van der Waals surface area contributed by atoms with Crippen molar-refractivity contribution >= 4 is 12.2 Å². The Hall–Kier alpha value is -4.98. The first-order valence-corrected chi connectivity index (χ1v) is 11.7. The second kappa shape index (κ2) is 12.6. The highest BCUT2D eigenvalue weighted by Crippen LogP contribution is 2.41. The van der Waals surface area contributed by atoms with E-state index in [2.05, 4.69) is 5.10 Å². The molecule has 37 heavy (non-hydrogen) atoms. The molecular weight excluding hydrogens is 468 g/mol. The summed E-state index contributed by atoms with van der Waals surface area (Å²) in [5.41, 5.74) is 14.1. The molecule has 0 aliphatic heterocycles. The molecule has 0 heterocycles. The zero-order valence-electron chi connectivity index (χ0n) is 20.2. The normalized spacial score (nSPS) is 10.7. The van der Waals surface area contributed by atoms with Gasteiger partial charge in [-0.05, 0) is 28.8 Å². The van der Waals surface area contributed by atoms with Crippen LogP contribution in [0.2, 0.25) is 0 Å². The highest BCUT2D eigenvalue weighted by molar-refractivity contribution is 5.86. The van der Waals surface area contributed by atoms with Crippen LogP contribution in [0.5, 0.6) is 17.2 Å². The van der Waals surface area contributed by atoms with E-state index in [1.165, 1.54) is 6.21 Å². The van der Waals surface area contributed by atoms with Crippen molar-refractivity contribution in [3.05, 3.63) is 131 Å². The van der Waals surface area contributed by atoms with Crippen LogP contribution in [0, 0.1) is 5.21 Å². The third-order valence-corrected chi connectivity index (χ3v) is 5.32. The Morgan fingerprint density at radius 3 is 1.59 bits per heavy atom. The lowest BCUT2D eigenvalue weighted by atomic mass is 10.1. The molecule has 0 aliphatic carbocycles. The van der Waals surface area contributed by atoms with Gasteiger partial charge in [-0.1, -0.05) is 91.0 Å². The monoisotopic (exact) mass is 496 g/mol. The Labute approximate surface area is 215 Å². The number of hydrogen-bond acceptors (Lipinski definition) is 5. The topological polar surface area (TPSA) is 118 Å². The van der Waals surface area contributed by atoms with Gasteiger partial charge in [0.25, 0.3) is 0 Å². The number of rotatable bonds is 11. The minimum absolute atomic E-state index is 0.130. The minimum atomic E-state index is -0.480. The van der Waals surface area contributed by atoms with E-state index in [9.17, 15) is 5.21 Å². The molecule has 0 spiro atoms. The Balaban J connectivity index is 1.72. The molecular formula is C29H28N4O4. The molecule has 8 nitrogen and oxygen atoms in total. The summed E-state index contributed by atoms with van der Waals surface area (Å²) < 4.78 is 18.7. The Morgan fingerprint density at radius 2 is 1.11 bits per heavy atom. The van der Waals surface area contributed by atoms with Crippen molar-refractivity contribution in [2.75, 3.05) is 0 Å². The molecule has 4 aromatic carbocycles. The van der Waals surface area contributed by atoms with Crippen molar-refractivity contribution in [3.63, 3.8) is 0 Å². The van der Waals surface area contributed by atoms with Gasteiger partial charge in [0.2, 0.25) is 5.75 Å². The number of hydrazone groups is 1. The first-order chi connectivity index (χ1) is 18.1. The van der Waals surface area contributed by atoms with Gasteiger partial charge >= 0.3 is 5.96 Å². The largest absolute Gasteiger partial charge is 0.722 e. The van der Waals surface area contributed by atoms with Gasteiger partial charge in [0.05, 0.1) is 6.21 Å². The molecule has 0 aliphatic rings. The molecule has 4 N–H and O–H groups in total. The van der Waals surface area contributed by atoms with Crippen LogP contribution in [-0.4, -0.2) is 17.0 Å². The molecule has 8 heteroatoms. The predicted molar refractivity (Wildman–Crippen MR) is 143 cm³/mol. The van der Waals surface area contributed by atoms with Crippen molar-refractivity contribution in [1.82, 2.24) is 0 Å². The van der Waals surface area contributed by atoms with Gasteiger partial charge in [-0.2, -0.15) is 0 Å². The van der Waals surface area contributed by atoms with E-state index in [-0.39, 0.29) is 18.1 Å². The minimum Gasteiger partial charge on any atom is -0.722 e. The lowest BCUT2D eigenvalue weighted by Crippen LogP contribution is -2.30. The average molecular weight is 497 g/mol. The zero-order valence-corrected chi connectivity index (χ0v) is 20.2. The van der Waals surface area contributed by atoms with Crippen molar-refractivity contribution in [3.8, 4) is 17.2 Å². The van der Waals surface area contributed by atoms with E-state index in [4.69, 9.17) is 25.7 Å². The molecule has 0 unspecified atom stereocenters. The van der Waals surface area contributed by atoms with Crippen LogP contribution < -0.4 is 25.7 Å². The maximum atomic E-state index is 11.9. The van der Waals surface area contributed by atoms with Gasteiger partial charge in [-0.25, -0.2) is 0 Å². The van der Waals surface area contributed by atoms with Crippen molar-refractivity contribution in [1.29, 1.82) is 0 Å². The molecule has 0 aromatic heterocycles. The molecule has 0 amide bonds. The van der Waals surface area contributed by atoms with Crippen LogP contribution in [0.25, 0.3) is 0 Å². The maximum absolute atomic E-state index is 11.9. The highest BCUT2D eigenvalue weighted by Gasteiger charge is 2.18. The highest BCUT2D eigenvalue weighted by atomic mass is 16.5. The lowest BCUT2D eigenvalue weighted by Gasteiger charge is -2.19. The smallest absolute Gasteiger partial charge is 0.366 e. The Morgan fingerprint density at radius 1 is 0.649 bits per heavy atom. The second-order valence-corrected chi connectivity index (χ2v) is 8.08. The van der Waals surface area contributed by atoms with E-state index in [0.29, 0.717) is 29.4 Å². The van der Waals surface area contributed by atoms with E-state index >= 15 is 0 Å². The van der Waals surface area contributed by atoms with Crippen LogP contribution in [0.1, 0.15) is 22.3 Å².